The minimum atomic E-state index is -0.558. The molecule has 0 saturated heterocycles. The fraction of sp³-hybridized carbons (Fsp3) is 0.417. The average Bonchev–Trinajstić information content (AvgIpc) is 2.21. The van der Waals surface area contributed by atoms with Gasteiger partial charge < -0.3 is 11.1 Å². The van der Waals surface area contributed by atoms with Crippen molar-refractivity contribution in [3.05, 3.63) is 27.7 Å². The Morgan fingerprint density at radius 2 is 2.06 bits per heavy atom. The van der Waals surface area contributed by atoms with Crippen molar-refractivity contribution in [2.75, 3.05) is 5.32 Å². The molecule has 1 atom stereocenters. The molecule has 1 amide bonds. The predicted octanol–water partition coefficient (Wildman–Crippen LogP) is 3.41. The van der Waals surface area contributed by atoms with Crippen molar-refractivity contribution >= 4 is 39.1 Å². The van der Waals surface area contributed by atoms with E-state index >= 15 is 0 Å². The van der Waals surface area contributed by atoms with Gasteiger partial charge >= 0.3 is 0 Å². The molecule has 0 aliphatic heterocycles. The lowest BCUT2D eigenvalue weighted by molar-refractivity contribution is -0.119. The molecule has 0 spiro atoms. The van der Waals surface area contributed by atoms with Gasteiger partial charge in [0.15, 0.2) is 0 Å². The van der Waals surface area contributed by atoms with E-state index in [-0.39, 0.29) is 11.3 Å². The van der Waals surface area contributed by atoms with Crippen LogP contribution in [0.15, 0.2) is 22.7 Å². The van der Waals surface area contributed by atoms with Crippen LogP contribution < -0.4 is 11.1 Å². The van der Waals surface area contributed by atoms with Gasteiger partial charge in [-0.05, 0) is 39.5 Å². The molecule has 1 aromatic carbocycles. The highest BCUT2D eigenvalue weighted by Gasteiger charge is 2.27. The zero-order valence-electron chi connectivity index (χ0n) is 10.1. The van der Waals surface area contributed by atoms with Gasteiger partial charge in [0, 0.05) is 10.2 Å². The first kappa shape index (κ1) is 14.5. The van der Waals surface area contributed by atoms with Crippen LogP contribution in [0.3, 0.4) is 0 Å². The van der Waals surface area contributed by atoms with E-state index in [0.29, 0.717) is 10.7 Å². The number of hydrogen-bond donors (Lipinski definition) is 2. The summed E-state index contributed by atoms with van der Waals surface area (Å²) in [7, 11) is 0. The van der Waals surface area contributed by atoms with Crippen LogP contribution in [0.1, 0.15) is 20.8 Å². The summed E-state index contributed by atoms with van der Waals surface area (Å²) in [5.41, 5.74) is 6.26. The lowest BCUT2D eigenvalue weighted by Gasteiger charge is -2.25. The van der Waals surface area contributed by atoms with Gasteiger partial charge in [-0.25, -0.2) is 0 Å². The summed E-state index contributed by atoms with van der Waals surface area (Å²) >= 11 is 9.17. The summed E-state index contributed by atoms with van der Waals surface area (Å²) in [5.74, 6) is -0.202. The SMILES string of the molecule is CC(C)(C)[C@H](N)C(=O)Nc1ccc(Cl)c(Br)c1. The van der Waals surface area contributed by atoms with Gasteiger partial charge in [-0.3, -0.25) is 4.79 Å². The average molecular weight is 320 g/mol. The summed E-state index contributed by atoms with van der Waals surface area (Å²) in [6.07, 6.45) is 0. The Morgan fingerprint density at radius 1 is 1.47 bits per heavy atom. The Kier molecular flexibility index (Phi) is 4.58. The maximum atomic E-state index is 11.9. The number of rotatable bonds is 2. The van der Waals surface area contributed by atoms with Crippen molar-refractivity contribution in [3.63, 3.8) is 0 Å². The lowest BCUT2D eigenvalue weighted by Crippen LogP contribution is -2.45. The van der Waals surface area contributed by atoms with E-state index in [1.54, 1.807) is 18.2 Å². The number of halogens is 2. The normalized spacial score (nSPS) is 13.3. The number of carbonyl (C=O) groups excluding carboxylic acids is 1. The van der Waals surface area contributed by atoms with E-state index in [2.05, 4.69) is 21.2 Å². The molecule has 0 aromatic heterocycles. The summed E-state index contributed by atoms with van der Waals surface area (Å²) in [6, 6.07) is 4.64. The minimum absolute atomic E-state index is 0.202. The summed E-state index contributed by atoms with van der Waals surface area (Å²) < 4.78 is 0.737. The fourth-order valence-electron chi connectivity index (χ4n) is 1.19. The molecule has 0 saturated carbocycles. The van der Waals surface area contributed by atoms with Crippen LogP contribution >= 0.6 is 27.5 Å². The number of benzene rings is 1. The summed E-state index contributed by atoms with van der Waals surface area (Å²) in [5, 5.41) is 3.36. The van der Waals surface area contributed by atoms with Crippen LogP contribution in [0.25, 0.3) is 0 Å². The van der Waals surface area contributed by atoms with E-state index in [1.807, 2.05) is 20.8 Å². The van der Waals surface area contributed by atoms with Crippen LogP contribution in [-0.4, -0.2) is 11.9 Å². The van der Waals surface area contributed by atoms with E-state index in [0.717, 1.165) is 4.47 Å². The van der Waals surface area contributed by atoms with Gasteiger partial charge in [0.1, 0.15) is 0 Å². The molecule has 94 valence electrons. The van der Waals surface area contributed by atoms with Crippen molar-refractivity contribution < 1.29 is 4.79 Å². The van der Waals surface area contributed by atoms with Crippen LogP contribution in [0.5, 0.6) is 0 Å². The Balaban J connectivity index is 2.78. The standard InChI is InChI=1S/C12H16BrClN2O/c1-12(2,3)10(15)11(17)16-7-4-5-9(14)8(13)6-7/h4-6,10H,15H2,1-3H3,(H,16,17)/t10-/m1/s1. The molecule has 0 fully saturated rings. The molecule has 0 heterocycles. The second-order valence-corrected chi connectivity index (χ2v) is 6.22. The van der Waals surface area contributed by atoms with E-state index in [9.17, 15) is 4.79 Å². The molecule has 0 bridgehead atoms. The van der Waals surface area contributed by atoms with Gasteiger partial charge in [-0.1, -0.05) is 32.4 Å². The van der Waals surface area contributed by atoms with Gasteiger partial charge in [-0.2, -0.15) is 0 Å². The maximum absolute atomic E-state index is 11.9. The van der Waals surface area contributed by atoms with Crippen LogP contribution in [0, 0.1) is 5.41 Å². The molecule has 1 aromatic rings. The largest absolute Gasteiger partial charge is 0.325 e. The predicted molar refractivity (Wildman–Crippen MR) is 75.2 cm³/mol. The second-order valence-electron chi connectivity index (χ2n) is 4.96. The monoisotopic (exact) mass is 318 g/mol. The van der Waals surface area contributed by atoms with E-state index in [1.165, 1.54) is 0 Å². The summed E-state index contributed by atoms with van der Waals surface area (Å²) in [6.45, 7) is 5.78. The third-order valence-electron chi connectivity index (χ3n) is 2.40. The second kappa shape index (κ2) is 5.38. The quantitative estimate of drug-likeness (QED) is 0.877. The number of amides is 1. The molecule has 3 nitrogen and oxygen atoms in total. The highest BCUT2D eigenvalue weighted by Crippen LogP contribution is 2.26. The summed E-state index contributed by atoms with van der Waals surface area (Å²) in [4.78, 5) is 11.9. The molecule has 0 unspecified atom stereocenters. The van der Waals surface area contributed by atoms with Crippen LogP contribution in [-0.2, 0) is 4.79 Å². The van der Waals surface area contributed by atoms with Gasteiger partial charge in [0.2, 0.25) is 5.91 Å². The van der Waals surface area contributed by atoms with Crippen LogP contribution in [0.4, 0.5) is 5.69 Å². The van der Waals surface area contributed by atoms with Crippen molar-refractivity contribution in [2.24, 2.45) is 11.1 Å². The molecule has 3 N–H and O–H groups in total. The van der Waals surface area contributed by atoms with Gasteiger partial charge in [0.25, 0.3) is 0 Å². The number of anilines is 1. The first-order chi connectivity index (χ1) is 7.71. The minimum Gasteiger partial charge on any atom is -0.325 e. The Morgan fingerprint density at radius 3 is 2.53 bits per heavy atom. The number of hydrogen-bond acceptors (Lipinski definition) is 2. The topological polar surface area (TPSA) is 55.1 Å². The van der Waals surface area contributed by atoms with Gasteiger partial charge in [-0.15, -0.1) is 0 Å². The Hall–Kier alpha value is -0.580. The molecule has 17 heavy (non-hydrogen) atoms. The molecule has 0 aliphatic rings. The van der Waals surface area contributed by atoms with Crippen molar-refractivity contribution in [1.29, 1.82) is 0 Å². The van der Waals surface area contributed by atoms with Crippen molar-refractivity contribution in [3.8, 4) is 0 Å². The van der Waals surface area contributed by atoms with Crippen molar-refractivity contribution in [2.45, 2.75) is 26.8 Å². The first-order valence-corrected chi connectivity index (χ1v) is 6.40. The van der Waals surface area contributed by atoms with Crippen molar-refractivity contribution in [1.82, 2.24) is 0 Å². The smallest absolute Gasteiger partial charge is 0.241 e. The molecular weight excluding hydrogens is 304 g/mol. The third kappa shape index (κ3) is 3.98. The zero-order chi connectivity index (χ0) is 13.2. The number of nitrogens with two attached hydrogens (primary N) is 1. The fourth-order valence-corrected chi connectivity index (χ4v) is 1.68. The van der Waals surface area contributed by atoms with E-state index < -0.39 is 6.04 Å². The first-order valence-electron chi connectivity index (χ1n) is 5.23. The van der Waals surface area contributed by atoms with E-state index in [4.69, 9.17) is 17.3 Å². The number of nitrogens with one attached hydrogen (secondary N) is 1. The highest BCUT2D eigenvalue weighted by molar-refractivity contribution is 9.10. The molecule has 1 rings (SSSR count). The Labute approximate surface area is 115 Å². The number of carbonyl (C=O) groups is 1. The van der Waals surface area contributed by atoms with Crippen LogP contribution in [0.2, 0.25) is 5.02 Å². The zero-order valence-corrected chi connectivity index (χ0v) is 12.4. The lowest BCUT2D eigenvalue weighted by atomic mass is 9.87. The molecular formula is C12H16BrClN2O. The molecule has 0 aliphatic carbocycles. The third-order valence-corrected chi connectivity index (χ3v) is 3.62. The molecule has 5 heteroatoms. The highest BCUT2D eigenvalue weighted by atomic mass is 79.9. The Bertz CT molecular complexity index is 429. The molecule has 0 radical (unpaired) electrons. The maximum Gasteiger partial charge on any atom is 0.241 e. The van der Waals surface area contributed by atoms with Gasteiger partial charge in [0.05, 0.1) is 11.1 Å².